The van der Waals surface area contributed by atoms with E-state index in [1.165, 1.54) is 0 Å². The normalized spacial score (nSPS) is 17.7. The van der Waals surface area contributed by atoms with Crippen molar-refractivity contribution < 1.29 is 14.4 Å². The Hall–Kier alpha value is -3.30. The summed E-state index contributed by atoms with van der Waals surface area (Å²) in [7, 11) is 0. The maximum atomic E-state index is 13.0. The van der Waals surface area contributed by atoms with Gasteiger partial charge in [-0.1, -0.05) is 38.8 Å². The van der Waals surface area contributed by atoms with Crippen molar-refractivity contribution in [1.82, 2.24) is 30.4 Å². The van der Waals surface area contributed by atoms with E-state index in [2.05, 4.69) is 26.2 Å². The molecule has 2 aliphatic rings. The van der Waals surface area contributed by atoms with Gasteiger partial charge >= 0.3 is 6.03 Å². The Bertz CT molecular complexity index is 992. The molecule has 2 fully saturated rings. The fraction of sp³-hybridized carbons (Fsp3) is 0.524. The zero-order chi connectivity index (χ0) is 22.0. The number of aromatic nitrogens is 4. The third kappa shape index (κ3) is 4.14. The van der Waals surface area contributed by atoms with Gasteiger partial charge in [-0.3, -0.25) is 14.5 Å². The SMILES string of the molecule is CCCC1(CCC)NC(=O)N(CC(=O)Nc2cccc(-c3nnnn3C3CC3)c2)C1=O. The predicted octanol–water partition coefficient (Wildman–Crippen LogP) is 2.50. The summed E-state index contributed by atoms with van der Waals surface area (Å²) in [5, 5.41) is 17.5. The van der Waals surface area contributed by atoms with Crippen molar-refractivity contribution in [3.8, 4) is 11.4 Å². The third-order valence-corrected chi connectivity index (χ3v) is 5.69. The molecule has 1 aromatic heterocycles. The molecule has 1 saturated carbocycles. The van der Waals surface area contributed by atoms with Crippen LogP contribution in [0.25, 0.3) is 11.4 Å². The van der Waals surface area contributed by atoms with Crippen LogP contribution in [0.3, 0.4) is 0 Å². The monoisotopic (exact) mass is 425 g/mol. The van der Waals surface area contributed by atoms with Crippen molar-refractivity contribution in [2.75, 3.05) is 11.9 Å². The number of tetrazole rings is 1. The van der Waals surface area contributed by atoms with Gasteiger partial charge in [0.1, 0.15) is 12.1 Å². The molecule has 10 nitrogen and oxygen atoms in total. The summed E-state index contributed by atoms with van der Waals surface area (Å²) < 4.78 is 1.80. The molecule has 1 saturated heterocycles. The molecule has 0 radical (unpaired) electrons. The number of imide groups is 1. The lowest BCUT2D eigenvalue weighted by atomic mass is 9.88. The lowest BCUT2D eigenvalue weighted by Crippen LogP contribution is -2.47. The molecule has 2 N–H and O–H groups in total. The van der Waals surface area contributed by atoms with Crippen molar-refractivity contribution in [3.05, 3.63) is 24.3 Å². The molecule has 2 heterocycles. The predicted molar refractivity (Wildman–Crippen MR) is 113 cm³/mol. The summed E-state index contributed by atoms with van der Waals surface area (Å²) in [4.78, 5) is 39.1. The summed E-state index contributed by atoms with van der Waals surface area (Å²) in [5.74, 6) is -0.114. The minimum atomic E-state index is -0.902. The maximum Gasteiger partial charge on any atom is 0.325 e. The molecular weight excluding hydrogens is 398 g/mol. The fourth-order valence-corrected chi connectivity index (χ4v) is 4.17. The molecule has 4 rings (SSSR count). The maximum absolute atomic E-state index is 13.0. The molecule has 0 atom stereocenters. The van der Waals surface area contributed by atoms with Gasteiger partial charge in [0.15, 0.2) is 5.82 Å². The standard InChI is InChI=1S/C21H27N7O3/c1-3-10-21(11-4-2)19(30)27(20(31)23-21)13-17(29)22-15-7-5-6-14(12-15)18-24-25-26-28(18)16-8-9-16/h5-7,12,16H,3-4,8-11,13H2,1-2H3,(H,22,29)(H,23,31). The van der Waals surface area contributed by atoms with Crippen molar-refractivity contribution >= 4 is 23.5 Å². The summed E-state index contributed by atoms with van der Waals surface area (Å²) in [6.07, 6.45) is 4.75. The van der Waals surface area contributed by atoms with Crippen LogP contribution in [0.2, 0.25) is 0 Å². The lowest BCUT2D eigenvalue weighted by Gasteiger charge is -2.25. The number of carbonyl (C=O) groups is 3. The molecule has 1 aliphatic carbocycles. The highest BCUT2D eigenvalue weighted by Crippen LogP contribution is 2.36. The van der Waals surface area contributed by atoms with Crippen molar-refractivity contribution in [3.63, 3.8) is 0 Å². The molecule has 1 aromatic carbocycles. The second kappa shape index (κ2) is 8.44. The van der Waals surface area contributed by atoms with Gasteiger partial charge in [0, 0.05) is 11.3 Å². The highest BCUT2D eigenvalue weighted by atomic mass is 16.2. The van der Waals surface area contributed by atoms with E-state index in [0.717, 1.165) is 36.1 Å². The number of nitrogens with zero attached hydrogens (tertiary/aromatic N) is 5. The molecular formula is C21H27N7O3. The van der Waals surface area contributed by atoms with Gasteiger partial charge in [-0.15, -0.1) is 5.10 Å². The van der Waals surface area contributed by atoms with E-state index in [9.17, 15) is 14.4 Å². The van der Waals surface area contributed by atoms with E-state index in [0.29, 0.717) is 30.4 Å². The first-order valence-corrected chi connectivity index (χ1v) is 10.8. The van der Waals surface area contributed by atoms with Gasteiger partial charge in [0.2, 0.25) is 5.91 Å². The molecule has 0 bridgehead atoms. The summed E-state index contributed by atoms with van der Waals surface area (Å²) in [6.45, 7) is 3.61. The second-order valence-corrected chi connectivity index (χ2v) is 8.21. The van der Waals surface area contributed by atoms with Crippen LogP contribution in [0.1, 0.15) is 58.4 Å². The average Bonchev–Trinajstić information content (AvgIpc) is 3.42. The average molecular weight is 425 g/mol. The number of hydrogen-bond acceptors (Lipinski definition) is 6. The van der Waals surface area contributed by atoms with Gasteiger partial charge in [0.05, 0.1) is 6.04 Å². The number of anilines is 1. The van der Waals surface area contributed by atoms with Gasteiger partial charge < -0.3 is 10.6 Å². The first-order chi connectivity index (χ1) is 15.0. The first kappa shape index (κ1) is 21.0. The Morgan fingerprint density at radius 3 is 2.65 bits per heavy atom. The van der Waals surface area contributed by atoms with Crippen LogP contribution in [-0.4, -0.2) is 55.0 Å². The van der Waals surface area contributed by atoms with Crippen LogP contribution >= 0.6 is 0 Å². The largest absolute Gasteiger partial charge is 0.325 e. The van der Waals surface area contributed by atoms with Crippen LogP contribution in [0.15, 0.2) is 24.3 Å². The number of carbonyl (C=O) groups excluding carboxylic acids is 3. The van der Waals surface area contributed by atoms with Crippen LogP contribution in [0.4, 0.5) is 10.5 Å². The minimum absolute atomic E-state index is 0.325. The number of rotatable bonds is 9. The quantitative estimate of drug-likeness (QED) is 0.595. The Labute approximate surface area is 180 Å². The molecule has 4 amide bonds. The molecule has 0 unspecified atom stereocenters. The number of benzene rings is 1. The van der Waals surface area contributed by atoms with Gasteiger partial charge in [-0.05, 0) is 48.2 Å². The lowest BCUT2D eigenvalue weighted by molar-refractivity contribution is -0.134. The highest BCUT2D eigenvalue weighted by Gasteiger charge is 2.50. The first-order valence-electron chi connectivity index (χ1n) is 10.8. The Balaban J connectivity index is 1.45. The number of nitrogens with one attached hydrogen (secondary N) is 2. The number of urea groups is 1. The fourth-order valence-electron chi connectivity index (χ4n) is 4.17. The minimum Gasteiger partial charge on any atom is -0.325 e. The summed E-state index contributed by atoms with van der Waals surface area (Å²) in [6, 6.07) is 7.03. The summed E-state index contributed by atoms with van der Waals surface area (Å²) >= 11 is 0. The van der Waals surface area contributed by atoms with Crippen LogP contribution in [-0.2, 0) is 9.59 Å². The van der Waals surface area contributed by atoms with Crippen molar-refractivity contribution in [2.24, 2.45) is 0 Å². The Morgan fingerprint density at radius 2 is 1.97 bits per heavy atom. The topological polar surface area (TPSA) is 122 Å². The van der Waals surface area contributed by atoms with Crippen LogP contribution in [0, 0.1) is 0 Å². The molecule has 164 valence electrons. The van der Waals surface area contributed by atoms with Crippen molar-refractivity contribution in [1.29, 1.82) is 0 Å². The Kier molecular flexibility index (Phi) is 5.71. The zero-order valence-corrected chi connectivity index (χ0v) is 17.8. The highest BCUT2D eigenvalue weighted by molar-refractivity contribution is 6.10. The van der Waals surface area contributed by atoms with Gasteiger partial charge in [-0.2, -0.15) is 0 Å². The Morgan fingerprint density at radius 1 is 1.23 bits per heavy atom. The summed E-state index contributed by atoms with van der Waals surface area (Å²) in [5.41, 5.74) is 0.434. The molecule has 0 spiro atoms. The molecule has 10 heteroatoms. The van der Waals surface area contributed by atoms with Crippen LogP contribution < -0.4 is 10.6 Å². The van der Waals surface area contributed by atoms with Crippen molar-refractivity contribution in [2.45, 2.75) is 64.0 Å². The molecule has 2 aromatic rings. The molecule has 1 aliphatic heterocycles. The van der Waals surface area contributed by atoms with E-state index in [1.807, 2.05) is 19.9 Å². The number of amides is 4. The number of hydrogen-bond donors (Lipinski definition) is 2. The third-order valence-electron chi connectivity index (χ3n) is 5.69. The van der Waals surface area contributed by atoms with E-state index in [1.54, 1.807) is 22.9 Å². The zero-order valence-electron chi connectivity index (χ0n) is 17.8. The van der Waals surface area contributed by atoms with E-state index in [4.69, 9.17) is 0 Å². The van der Waals surface area contributed by atoms with Crippen LogP contribution in [0.5, 0.6) is 0 Å². The second-order valence-electron chi connectivity index (χ2n) is 8.21. The van der Waals surface area contributed by atoms with E-state index < -0.39 is 17.5 Å². The van der Waals surface area contributed by atoms with Gasteiger partial charge in [0.25, 0.3) is 5.91 Å². The van der Waals surface area contributed by atoms with E-state index in [-0.39, 0.29) is 12.5 Å². The van der Waals surface area contributed by atoms with E-state index >= 15 is 0 Å². The van der Waals surface area contributed by atoms with Gasteiger partial charge in [-0.25, -0.2) is 9.48 Å². The molecule has 31 heavy (non-hydrogen) atoms. The smallest absolute Gasteiger partial charge is 0.325 e.